The fourth-order valence-corrected chi connectivity index (χ4v) is 2.05. The molecule has 0 bridgehead atoms. The van der Waals surface area contributed by atoms with Gasteiger partial charge in [-0.2, -0.15) is 0 Å². The molecular weight excluding hydrogens is 283 g/mol. The normalized spacial score (nSPS) is 10.1. The molecule has 4 nitrogen and oxygen atoms in total. The molecule has 0 fully saturated rings. The van der Waals surface area contributed by atoms with Gasteiger partial charge in [-0.3, -0.25) is 9.59 Å². The van der Waals surface area contributed by atoms with Crippen LogP contribution in [-0.2, 0) is 16.0 Å². The second kappa shape index (κ2) is 6.85. The van der Waals surface area contributed by atoms with Gasteiger partial charge in [-0.1, -0.05) is 30.3 Å². The molecule has 0 saturated heterocycles. The molecule has 2 aromatic carbocycles. The number of hydrogen-bond acceptors (Lipinski definition) is 2. The molecule has 2 amide bonds. The lowest BCUT2D eigenvalue weighted by molar-refractivity contribution is -0.117. The van der Waals surface area contributed by atoms with Gasteiger partial charge in [-0.05, 0) is 23.8 Å². The summed E-state index contributed by atoms with van der Waals surface area (Å²) in [6, 6.07) is 13.2. The number of nitrogens with zero attached hydrogens (tertiary/aromatic N) is 1. The van der Waals surface area contributed by atoms with Crippen molar-refractivity contribution in [3.05, 3.63) is 59.9 Å². The quantitative estimate of drug-likeness (QED) is 0.943. The number of halogens is 1. The zero-order chi connectivity index (χ0) is 16.1. The Morgan fingerprint density at radius 1 is 1.14 bits per heavy atom. The second-order valence-electron chi connectivity index (χ2n) is 4.95. The highest BCUT2D eigenvalue weighted by atomic mass is 19.1. The molecule has 0 spiro atoms. The lowest BCUT2D eigenvalue weighted by Crippen LogP contribution is -2.25. The minimum Gasteiger partial charge on any atom is -0.324 e. The Morgan fingerprint density at radius 2 is 1.82 bits per heavy atom. The number of benzene rings is 2. The summed E-state index contributed by atoms with van der Waals surface area (Å²) in [5.41, 5.74) is 1.59. The zero-order valence-corrected chi connectivity index (χ0v) is 12.5. The molecule has 2 aromatic rings. The maximum Gasteiger partial charge on any atom is 0.228 e. The van der Waals surface area contributed by atoms with E-state index in [1.807, 2.05) is 30.3 Å². The van der Waals surface area contributed by atoms with Crippen molar-refractivity contribution in [2.75, 3.05) is 17.3 Å². The molecule has 0 atom stereocenters. The molecule has 0 aromatic heterocycles. The first-order valence-electron chi connectivity index (χ1n) is 6.85. The van der Waals surface area contributed by atoms with Crippen molar-refractivity contribution < 1.29 is 14.0 Å². The average molecular weight is 300 g/mol. The molecule has 2 rings (SSSR count). The van der Waals surface area contributed by atoms with E-state index in [0.717, 1.165) is 5.56 Å². The molecule has 0 radical (unpaired) electrons. The molecule has 0 aliphatic rings. The standard InChI is InChI=1S/C17H17FN2O2/c1-12(21)20(2)16-9-8-14(18)11-15(16)19-17(22)10-13-6-4-3-5-7-13/h3-9,11H,10H2,1-2H3,(H,19,22). The number of anilines is 2. The van der Waals surface area contributed by atoms with Crippen LogP contribution in [0.2, 0.25) is 0 Å². The minimum atomic E-state index is -0.476. The van der Waals surface area contributed by atoms with Gasteiger partial charge in [-0.25, -0.2) is 4.39 Å². The van der Waals surface area contributed by atoms with E-state index in [4.69, 9.17) is 0 Å². The van der Waals surface area contributed by atoms with Gasteiger partial charge in [0.25, 0.3) is 0 Å². The van der Waals surface area contributed by atoms with Crippen LogP contribution >= 0.6 is 0 Å². The van der Waals surface area contributed by atoms with E-state index in [1.165, 1.54) is 30.0 Å². The highest BCUT2D eigenvalue weighted by Crippen LogP contribution is 2.26. The van der Waals surface area contributed by atoms with Gasteiger partial charge in [0, 0.05) is 14.0 Å². The maximum absolute atomic E-state index is 13.4. The molecule has 22 heavy (non-hydrogen) atoms. The molecular formula is C17H17FN2O2. The fraction of sp³-hybridized carbons (Fsp3) is 0.176. The van der Waals surface area contributed by atoms with Crippen LogP contribution in [0, 0.1) is 5.82 Å². The molecule has 0 saturated carbocycles. The van der Waals surface area contributed by atoms with Crippen LogP contribution in [0.4, 0.5) is 15.8 Å². The zero-order valence-electron chi connectivity index (χ0n) is 12.5. The molecule has 5 heteroatoms. The van der Waals surface area contributed by atoms with Crippen molar-refractivity contribution in [3.8, 4) is 0 Å². The van der Waals surface area contributed by atoms with Crippen LogP contribution in [0.1, 0.15) is 12.5 Å². The largest absolute Gasteiger partial charge is 0.324 e. The van der Waals surface area contributed by atoms with Crippen molar-refractivity contribution in [1.29, 1.82) is 0 Å². The monoisotopic (exact) mass is 300 g/mol. The van der Waals surface area contributed by atoms with E-state index in [0.29, 0.717) is 5.69 Å². The maximum atomic E-state index is 13.4. The Labute approximate surface area is 128 Å². The molecule has 0 unspecified atom stereocenters. The molecule has 114 valence electrons. The third-order valence-corrected chi connectivity index (χ3v) is 3.27. The SMILES string of the molecule is CC(=O)N(C)c1ccc(F)cc1NC(=O)Cc1ccccc1. The summed E-state index contributed by atoms with van der Waals surface area (Å²) < 4.78 is 13.4. The minimum absolute atomic E-state index is 0.181. The van der Waals surface area contributed by atoms with E-state index in [9.17, 15) is 14.0 Å². The van der Waals surface area contributed by atoms with Gasteiger partial charge < -0.3 is 10.2 Å². The first-order valence-corrected chi connectivity index (χ1v) is 6.85. The van der Waals surface area contributed by atoms with Crippen molar-refractivity contribution in [1.82, 2.24) is 0 Å². The topological polar surface area (TPSA) is 49.4 Å². The Kier molecular flexibility index (Phi) is 4.88. The average Bonchev–Trinajstić information content (AvgIpc) is 2.47. The number of hydrogen-bond donors (Lipinski definition) is 1. The van der Waals surface area contributed by atoms with Crippen molar-refractivity contribution in [3.63, 3.8) is 0 Å². The number of rotatable bonds is 4. The summed E-state index contributed by atoms with van der Waals surface area (Å²) in [5, 5.41) is 2.66. The molecule has 0 aliphatic heterocycles. The molecule has 0 heterocycles. The van der Waals surface area contributed by atoms with E-state index < -0.39 is 5.82 Å². The van der Waals surface area contributed by atoms with Crippen LogP contribution in [0.15, 0.2) is 48.5 Å². The third-order valence-electron chi connectivity index (χ3n) is 3.27. The highest BCUT2D eigenvalue weighted by molar-refractivity contribution is 6.00. The number of carbonyl (C=O) groups excluding carboxylic acids is 2. The molecule has 0 aliphatic carbocycles. The number of amides is 2. The van der Waals surface area contributed by atoms with Gasteiger partial charge in [0.2, 0.25) is 11.8 Å². The van der Waals surface area contributed by atoms with Crippen LogP contribution in [0.5, 0.6) is 0 Å². The summed E-state index contributed by atoms with van der Waals surface area (Å²) in [6.45, 7) is 1.40. The summed E-state index contributed by atoms with van der Waals surface area (Å²) in [4.78, 5) is 24.9. The first kappa shape index (κ1) is 15.7. The highest BCUT2D eigenvalue weighted by Gasteiger charge is 2.14. The summed E-state index contributed by atoms with van der Waals surface area (Å²) >= 11 is 0. The Bertz CT molecular complexity index is 686. The number of nitrogens with one attached hydrogen (secondary N) is 1. The fourth-order valence-electron chi connectivity index (χ4n) is 2.05. The Balaban J connectivity index is 2.19. The van der Waals surface area contributed by atoms with Crippen molar-refractivity contribution >= 4 is 23.2 Å². The summed E-state index contributed by atoms with van der Waals surface area (Å²) in [6.07, 6.45) is 0.181. The van der Waals surface area contributed by atoms with E-state index in [-0.39, 0.29) is 23.9 Å². The smallest absolute Gasteiger partial charge is 0.228 e. The predicted octanol–water partition coefficient (Wildman–Crippen LogP) is 2.99. The van der Waals surface area contributed by atoms with Gasteiger partial charge in [-0.15, -0.1) is 0 Å². The van der Waals surface area contributed by atoms with E-state index >= 15 is 0 Å². The van der Waals surface area contributed by atoms with Gasteiger partial charge in [0.15, 0.2) is 0 Å². The van der Waals surface area contributed by atoms with Crippen LogP contribution in [0.3, 0.4) is 0 Å². The van der Waals surface area contributed by atoms with Gasteiger partial charge in [0.05, 0.1) is 17.8 Å². The second-order valence-corrected chi connectivity index (χ2v) is 4.95. The third kappa shape index (κ3) is 3.91. The number of carbonyl (C=O) groups is 2. The lowest BCUT2D eigenvalue weighted by Gasteiger charge is -2.19. The summed E-state index contributed by atoms with van der Waals surface area (Å²) in [5.74, 6) is -0.948. The van der Waals surface area contributed by atoms with Crippen LogP contribution in [0.25, 0.3) is 0 Å². The summed E-state index contributed by atoms with van der Waals surface area (Å²) in [7, 11) is 1.57. The van der Waals surface area contributed by atoms with E-state index in [2.05, 4.69) is 5.32 Å². The Hall–Kier alpha value is -2.69. The van der Waals surface area contributed by atoms with Crippen molar-refractivity contribution in [2.45, 2.75) is 13.3 Å². The first-order chi connectivity index (χ1) is 10.5. The van der Waals surface area contributed by atoms with Crippen LogP contribution in [-0.4, -0.2) is 18.9 Å². The van der Waals surface area contributed by atoms with Crippen LogP contribution < -0.4 is 10.2 Å². The van der Waals surface area contributed by atoms with Gasteiger partial charge in [0.1, 0.15) is 5.82 Å². The van der Waals surface area contributed by atoms with Gasteiger partial charge >= 0.3 is 0 Å². The predicted molar refractivity (Wildman–Crippen MR) is 84.3 cm³/mol. The van der Waals surface area contributed by atoms with E-state index in [1.54, 1.807) is 7.05 Å². The lowest BCUT2D eigenvalue weighted by atomic mass is 10.1. The Morgan fingerprint density at radius 3 is 2.45 bits per heavy atom. The van der Waals surface area contributed by atoms with Crippen molar-refractivity contribution in [2.24, 2.45) is 0 Å². The molecule has 1 N–H and O–H groups in total.